The number of benzene rings is 8. The maximum Gasteiger partial charge on any atom is 0.116 e. The third kappa shape index (κ3) is 12.1. The summed E-state index contributed by atoms with van der Waals surface area (Å²) < 4.78 is 0. The largest absolute Gasteiger partial charge is 0.508 e. The molecule has 0 atom stereocenters. The van der Waals surface area contributed by atoms with Gasteiger partial charge in [0.25, 0.3) is 0 Å². The van der Waals surface area contributed by atoms with Crippen LogP contribution < -0.4 is 0 Å². The van der Waals surface area contributed by atoms with Crippen LogP contribution in [-0.2, 0) is 44.6 Å². The van der Waals surface area contributed by atoms with Gasteiger partial charge in [-0.3, -0.25) is 0 Å². The van der Waals surface area contributed by atoms with Crippen LogP contribution in [0, 0.1) is 0 Å². The number of aromatic hydroxyl groups is 1. The van der Waals surface area contributed by atoms with Crippen molar-refractivity contribution >= 4 is 0 Å². The second-order valence-corrected chi connectivity index (χ2v) is 25.1. The molecule has 0 spiro atoms. The van der Waals surface area contributed by atoms with Gasteiger partial charge in [-0.2, -0.15) is 0 Å². The maximum atomic E-state index is 11.3. The minimum absolute atomic E-state index is 0.0385. The van der Waals surface area contributed by atoms with E-state index in [0.29, 0.717) is 38.9 Å². The van der Waals surface area contributed by atoms with Crippen LogP contribution in [0.2, 0.25) is 0 Å². The molecule has 0 aromatic heterocycles. The first-order valence-corrected chi connectivity index (χ1v) is 26.8. The van der Waals surface area contributed by atoms with Gasteiger partial charge in [0.1, 0.15) is 5.75 Å². The van der Waals surface area contributed by atoms with Crippen LogP contribution in [0.1, 0.15) is 158 Å². The lowest BCUT2D eigenvalue weighted by Gasteiger charge is -2.37. The summed E-state index contributed by atoms with van der Waals surface area (Å²) in [6.45, 7) is 24.2. The molecule has 406 valence electrons. The van der Waals surface area contributed by atoms with E-state index in [0.717, 1.165) is 66.8 Å². The average Bonchev–Trinajstić information content (AvgIpc) is 3.43. The molecule has 0 amide bonds. The van der Waals surface area contributed by atoms with E-state index >= 15 is 0 Å². The minimum atomic E-state index is -1.20. The summed E-state index contributed by atoms with van der Waals surface area (Å²) >= 11 is 0. The van der Waals surface area contributed by atoms with Crippen molar-refractivity contribution in [2.45, 2.75) is 142 Å². The Kier molecular flexibility index (Phi) is 14.9. The Morgan fingerprint density at radius 3 is 0.538 bits per heavy atom. The standard InChI is InChI=1S/C70H78O8/c1-63(2,72)55-31-47(32-56(39-55)64(3,4)73)43-15-23-51(24-16-43)70(54-29-21-46(22-30-54)50-37-61(69(13,14)78)42-62(71)38-50,52-25-17-44(18-26-52)48-33-57(65(5,6)74)40-58(34-48)66(7,8)75)53-27-19-45(20-28-53)49-35-59(67(9,10)76)41-60(36-49)68(11,12)77/h15-42,71-78H,1-14H3. The van der Waals surface area contributed by atoms with Crippen molar-refractivity contribution in [3.8, 4) is 50.3 Å². The second kappa shape index (κ2) is 20.2. The first kappa shape index (κ1) is 57.5. The van der Waals surface area contributed by atoms with E-state index in [-0.39, 0.29) is 5.75 Å². The summed E-state index contributed by atoms with van der Waals surface area (Å²) in [6, 6.07) is 56.0. The zero-order chi connectivity index (χ0) is 57.3. The first-order chi connectivity index (χ1) is 35.9. The van der Waals surface area contributed by atoms with Gasteiger partial charge in [0.15, 0.2) is 0 Å². The van der Waals surface area contributed by atoms with Crippen molar-refractivity contribution in [1.82, 2.24) is 0 Å². The number of aliphatic hydroxyl groups is 7. The molecule has 0 unspecified atom stereocenters. The van der Waals surface area contributed by atoms with Crippen molar-refractivity contribution in [1.29, 1.82) is 0 Å². The highest BCUT2D eigenvalue weighted by atomic mass is 16.3. The smallest absolute Gasteiger partial charge is 0.116 e. The Bertz CT molecular complexity index is 3060. The van der Waals surface area contributed by atoms with E-state index in [2.05, 4.69) is 84.9 Å². The summed E-state index contributed by atoms with van der Waals surface area (Å²) in [4.78, 5) is 0. The van der Waals surface area contributed by atoms with Crippen LogP contribution in [0.4, 0.5) is 0 Å². The summed E-state index contributed by atoms with van der Waals surface area (Å²) in [5.41, 5.74) is 5.64. The average molecular weight is 1050 g/mol. The molecule has 0 aliphatic carbocycles. The highest BCUT2D eigenvalue weighted by molar-refractivity contribution is 5.74. The fourth-order valence-electron chi connectivity index (χ4n) is 10.3. The molecule has 0 aliphatic heterocycles. The Hall–Kier alpha value is -6.72. The number of phenolic OH excluding ortho intramolecular Hbond substituents is 1. The molecule has 8 heteroatoms. The molecule has 0 bridgehead atoms. The zero-order valence-corrected chi connectivity index (χ0v) is 47.7. The number of hydrogen-bond donors (Lipinski definition) is 8. The van der Waals surface area contributed by atoms with Crippen molar-refractivity contribution in [3.63, 3.8) is 0 Å². The molecule has 0 saturated carbocycles. The quantitative estimate of drug-likeness (QED) is 0.0471. The highest BCUT2D eigenvalue weighted by Crippen LogP contribution is 2.48. The summed E-state index contributed by atoms with van der Waals surface area (Å²) in [5.74, 6) is 0.0385. The molecule has 8 nitrogen and oxygen atoms in total. The zero-order valence-electron chi connectivity index (χ0n) is 47.7. The van der Waals surface area contributed by atoms with E-state index in [9.17, 15) is 40.9 Å². The summed E-state index contributed by atoms with van der Waals surface area (Å²) in [7, 11) is 0. The molecule has 0 radical (unpaired) electrons. The molecular weight excluding hydrogens is 969 g/mol. The van der Waals surface area contributed by atoms with Gasteiger partial charge in [-0.1, -0.05) is 115 Å². The molecule has 0 heterocycles. The minimum Gasteiger partial charge on any atom is -0.508 e. The van der Waals surface area contributed by atoms with Gasteiger partial charge >= 0.3 is 0 Å². The van der Waals surface area contributed by atoms with Crippen molar-refractivity contribution in [2.75, 3.05) is 0 Å². The maximum absolute atomic E-state index is 11.3. The number of rotatable bonds is 15. The third-order valence-corrected chi connectivity index (χ3v) is 15.3. The van der Waals surface area contributed by atoms with Gasteiger partial charge in [0.2, 0.25) is 0 Å². The molecule has 0 fully saturated rings. The van der Waals surface area contributed by atoms with Crippen LogP contribution in [-0.4, -0.2) is 40.9 Å². The van der Waals surface area contributed by atoms with Crippen molar-refractivity contribution < 1.29 is 40.9 Å². The fourth-order valence-corrected chi connectivity index (χ4v) is 10.3. The van der Waals surface area contributed by atoms with Gasteiger partial charge < -0.3 is 40.9 Å². The van der Waals surface area contributed by atoms with Gasteiger partial charge in [-0.15, -0.1) is 0 Å². The Labute approximate surface area is 461 Å². The van der Waals surface area contributed by atoms with Crippen LogP contribution in [0.25, 0.3) is 44.5 Å². The predicted octanol–water partition coefficient (Wildman–Crippen LogP) is 14.0. The Morgan fingerprint density at radius 1 is 0.192 bits per heavy atom. The van der Waals surface area contributed by atoms with Crippen LogP contribution in [0.5, 0.6) is 5.75 Å². The highest BCUT2D eigenvalue weighted by Gasteiger charge is 2.39. The first-order valence-electron chi connectivity index (χ1n) is 26.8. The van der Waals surface area contributed by atoms with E-state index in [1.54, 1.807) is 109 Å². The molecule has 0 aliphatic rings. The molecule has 8 aromatic rings. The molecule has 8 aromatic carbocycles. The molecular formula is C70H78O8. The van der Waals surface area contributed by atoms with Crippen LogP contribution in [0.15, 0.2) is 170 Å². The monoisotopic (exact) mass is 1050 g/mol. The lowest BCUT2D eigenvalue weighted by molar-refractivity contribution is 0.0708. The van der Waals surface area contributed by atoms with Gasteiger partial charge in [-0.05, 0) is 257 Å². The second-order valence-electron chi connectivity index (χ2n) is 25.1. The SMILES string of the molecule is CC(C)(O)c1cc(O)cc(-c2ccc(C(c3ccc(-c4cc(C(C)(C)O)cc(C(C)(C)O)c4)cc3)(c3ccc(-c4cc(C(C)(C)O)cc(C(C)(C)O)c4)cc3)c3ccc(-c4cc(C(C)(C)O)cc(C(C)(C)O)c4)cc3)cc2)c1. The van der Waals surface area contributed by atoms with E-state index < -0.39 is 44.6 Å². The van der Waals surface area contributed by atoms with E-state index in [1.807, 2.05) is 72.8 Å². The van der Waals surface area contributed by atoms with Crippen molar-refractivity contribution in [2.24, 2.45) is 0 Å². The van der Waals surface area contributed by atoms with Gasteiger partial charge in [-0.25, -0.2) is 0 Å². The van der Waals surface area contributed by atoms with Gasteiger partial charge in [0, 0.05) is 0 Å². The third-order valence-electron chi connectivity index (χ3n) is 15.3. The lowest BCUT2D eigenvalue weighted by Crippen LogP contribution is -2.31. The normalized spacial score (nSPS) is 13.2. The van der Waals surface area contributed by atoms with E-state index in [4.69, 9.17) is 0 Å². The Morgan fingerprint density at radius 2 is 0.359 bits per heavy atom. The molecule has 78 heavy (non-hydrogen) atoms. The number of hydrogen-bond acceptors (Lipinski definition) is 8. The number of phenols is 1. The van der Waals surface area contributed by atoms with Crippen molar-refractivity contribution in [3.05, 3.63) is 231 Å². The van der Waals surface area contributed by atoms with E-state index in [1.165, 1.54) is 0 Å². The van der Waals surface area contributed by atoms with Crippen LogP contribution in [0.3, 0.4) is 0 Å². The lowest BCUT2D eigenvalue weighted by atomic mass is 9.64. The molecule has 8 N–H and O–H groups in total. The fraction of sp³-hybridized carbons (Fsp3) is 0.314. The summed E-state index contributed by atoms with van der Waals surface area (Å²) in [5, 5.41) is 89.5. The predicted molar refractivity (Wildman–Crippen MR) is 315 cm³/mol. The molecule has 0 saturated heterocycles. The summed E-state index contributed by atoms with van der Waals surface area (Å²) in [6.07, 6.45) is 0. The Balaban J connectivity index is 1.41. The van der Waals surface area contributed by atoms with Gasteiger partial charge in [0.05, 0.1) is 44.6 Å². The topological polar surface area (TPSA) is 162 Å². The van der Waals surface area contributed by atoms with Crippen LogP contribution >= 0.6 is 0 Å². The molecule has 8 rings (SSSR count).